The highest BCUT2D eigenvalue weighted by Gasteiger charge is 2.87. The molecule has 15 heteroatoms. The molecule has 0 amide bonds. The minimum atomic E-state index is -6.91. The summed E-state index contributed by atoms with van der Waals surface area (Å²) in [4.78, 5) is 21.9. The van der Waals surface area contributed by atoms with Crippen LogP contribution in [0.1, 0.15) is 116 Å². The van der Waals surface area contributed by atoms with E-state index >= 15 is 0 Å². The number of alkyl halides is 9. The zero-order valence-corrected chi connectivity index (χ0v) is 25.4. The van der Waals surface area contributed by atoms with Gasteiger partial charge in [-0.05, 0) is 37.2 Å². The average Bonchev–Trinajstić information content (AvgIpc) is 2.85. The van der Waals surface area contributed by atoms with Gasteiger partial charge in [-0.25, -0.2) is 0 Å². The molecule has 0 aliphatic rings. The van der Waals surface area contributed by atoms with Gasteiger partial charge in [-0.15, -0.1) is 0 Å². The van der Waals surface area contributed by atoms with E-state index in [1.807, 2.05) is 23.5 Å². The molecule has 0 heterocycles. The van der Waals surface area contributed by atoms with Crippen LogP contribution in [0.3, 0.4) is 0 Å². The Morgan fingerprint density at radius 3 is 1.14 bits per heavy atom. The van der Waals surface area contributed by atoms with Gasteiger partial charge in [-0.3, -0.25) is 9.59 Å². The first-order chi connectivity index (χ1) is 19.6. The number of ether oxygens (including phenoxy) is 1. The third-order valence-corrected chi connectivity index (χ3v) is 8.97. The van der Waals surface area contributed by atoms with E-state index < -0.39 is 42.5 Å². The lowest BCUT2D eigenvalue weighted by Gasteiger charge is -2.37. The number of aliphatic carboxylic acids is 1. The zero-order valence-electron chi connectivity index (χ0n) is 23.7. The van der Waals surface area contributed by atoms with Crippen molar-refractivity contribution in [2.75, 3.05) is 16.6 Å². The molecule has 4 nitrogen and oxygen atoms in total. The van der Waals surface area contributed by atoms with E-state index in [0.717, 1.165) is 74.4 Å². The van der Waals surface area contributed by atoms with Crippen molar-refractivity contribution < 1.29 is 58.9 Å². The Bertz CT molecular complexity index is 694. The Morgan fingerprint density at radius 2 is 0.810 bits per heavy atom. The molecule has 0 aromatic carbocycles. The molecule has 0 fully saturated rings. The van der Waals surface area contributed by atoms with Crippen molar-refractivity contribution in [2.24, 2.45) is 0 Å². The van der Waals surface area contributed by atoms with Gasteiger partial charge < -0.3 is 9.84 Å². The molecule has 0 atom stereocenters. The molecule has 1 N–H and O–H groups in total. The fraction of sp³-hybridized carbons (Fsp3) is 0.926. The van der Waals surface area contributed by atoms with E-state index in [9.17, 15) is 49.1 Å². The number of unbranched alkanes of at least 4 members (excludes halogenated alkanes) is 14. The van der Waals surface area contributed by atoms with E-state index in [4.69, 9.17) is 5.11 Å². The maximum Gasteiger partial charge on any atom is 0.447 e. The van der Waals surface area contributed by atoms with Crippen molar-refractivity contribution in [3.63, 3.8) is 0 Å². The number of esters is 1. The van der Waals surface area contributed by atoms with E-state index in [2.05, 4.69) is 4.74 Å². The number of carboxylic acid groups (broad SMARTS) is 1. The Morgan fingerprint density at radius 1 is 0.500 bits per heavy atom. The minimum absolute atomic E-state index is 0.174. The molecule has 0 aromatic heterocycles. The van der Waals surface area contributed by atoms with Gasteiger partial charge in [0.25, 0.3) is 0 Å². The number of carbonyl (C=O) groups is 2. The molecule has 250 valence electrons. The van der Waals surface area contributed by atoms with Gasteiger partial charge >= 0.3 is 36.1 Å². The average molecular weight is 667 g/mol. The van der Waals surface area contributed by atoms with Gasteiger partial charge in [-0.2, -0.15) is 63.0 Å². The maximum absolute atomic E-state index is 12.8. The summed E-state index contributed by atoms with van der Waals surface area (Å²) in [5, 5.41) is 9.62. The minimum Gasteiger partial charge on any atom is -0.481 e. The summed E-state index contributed by atoms with van der Waals surface area (Å²) in [5.41, 5.74) is -6.55. The third kappa shape index (κ3) is 17.3. The molecule has 0 spiro atoms. The summed E-state index contributed by atoms with van der Waals surface area (Å²) in [6, 6.07) is 0. The van der Waals surface area contributed by atoms with Gasteiger partial charge in [0.2, 0.25) is 0 Å². The van der Waals surface area contributed by atoms with Crippen LogP contribution >= 0.6 is 23.5 Å². The van der Waals surface area contributed by atoms with Crippen LogP contribution in [0.15, 0.2) is 0 Å². The van der Waals surface area contributed by atoms with Crippen LogP contribution in [0.4, 0.5) is 39.5 Å². The highest BCUT2D eigenvalue weighted by atomic mass is 32.2. The van der Waals surface area contributed by atoms with Crippen molar-refractivity contribution in [1.29, 1.82) is 0 Å². The number of hydrogen-bond donors (Lipinski definition) is 1. The smallest absolute Gasteiger partial charge is 0.447 e. The highest BCUT2D eigenvalue weighted by Crippen LogP contribution is 2.55. The molecular weight excluding hydrogens is 623 g/mol. The van der Waals surface area contributed by atoms with Gasteiger partial charge in [0, 0.05) is 17.9 Å². The van der Waals surface area contributed by atoms with Crippen molar-refractivity contribution in [1.82, 2.24) is 0 Å². The number of carboxylic acids is 1. The molecule has 0 radical (unpaired) electrons. The molecule has 0 aromatic rings. The number of thioether (sulfide) groups is 2. The van der Waals surface area contributed by atoms with Crippen LogP contribution in [-0.2, 0) is 14.3 Å². The monoisotopic (exact) mass is 666 g/mol. The lowest BCUT2D eigenvalue weighted by Crippen LogP contribution is -2.68. The Hall–Kier alpha value is -0.990. The topological polar surface area (TPSA) is 63.6 Å². The standard InChI is InChI=1S/C27H43F9O4S2/c28-25(29,30)24(26(31,32)33,27(34,35)36)40-23(39)18-14-10-6-2-4-8-12-16-20-42-21-41-19-15-11-7-3-1-5-9-13-17-22(37)38/h1-21H2,(H,37,38). The van der Waals surface area contributed by atoms with E-state index in [1.54, 1.807) is 0 Å². The van der Waals surface area contributed by atoms with E-state index in [-0.39, 0.29) is 19.3 Å². The molecule has 0 aliphatic heterocycles. The summed E-state index contributed by atoms with van der Waals surface area (Å²) in [6.07, 6.45) is -7.34. The van der Waals surface area contributed by atoms with E-state index in [1.165, 1.54) is 25.7 Å². The molecule has 0 saturated carbocycles. The normalized spacial score (nSPS) is 13.0. The number of rotatable bonds is 25. The van der Waals surface area contributed by atoms with Crippen LogP contribution in [0.2, 0.25) is 0 Å². The van der Waals surface area contributed by atoms with Crippen molar-refractivity contribution >= 4 is 35.5 Å². The third-order valence-electron chi connectivity index (χ3n) is 6.48. The first-order valence-corrected chi connectivity index (χ1v) is 16.7. The van der Waals surface area contributed by atoms with Gasteiger partial charge in [-0.1, -0.05) is 77.0 Å². The van der Waals surface area contributed by atoms with Crippen molar-refractivity contribution in [3.05, 3.63) is 0 Å². The van der Waals surface area contributed by atoms with Crippen molar-refractivity contribution in [2.45, 2.75) is 140 Å². The second-order valence-electron chi connectivity index (χ2n) is 10.1. The SMILES string of the molecule is O=C(O)CCCCCCCCCCSCSCCCCCCCCCCC(=O)OC(C(F)(F)F)(C(F)(F)F)C(F)(F)F. The summed E-state index contributed by atoms with van der Waals surface area (Å²) in [5.74, 6) is -0.744. The van der Waals surface area contributed by atoms with Crippen LogP contribution in [0, 0.1) is 0 Å². The lowest BCUT2D eigenvalue weighted by atomic mass is 10.0. The second-order valence-corrected chi connectivity index (χ2v) is 12.7. The summed E-state index contributed by atoms with van der Waals surface area (Å²) in [7, 11) is 0. The Balaban J connectivity index is 3.69. The highest BCUT2D eigenvalue weighted by molar-refractivity contribution is 8.15. The largest absolute Gasteiger partial charge is 0.481 e. The van der Waals surface area contributed by atoms with Gasteiger partial charge in [0.15, 0.2) is 0 Å². The lowest BCUT2D eigenvalue weighted by molar-refractivity contribution is -0.446. The van der Waals surface area contributed by atoms with Crippen LogP contribution in [0.25, 0.3) is 0 Å². The predicted octanol–water partition coefficient (Wildman–Crippen LogP) is 10.5. The first-order valence-electron chi connectivity index (χ1n) is 14.4. The molecule has 0 unspecified atom stereocenters. The Labute approximate surface area is 250 Å². The predicted molar refractivity (Wildman–Crippen MR) is 148 cm³/mol. The van der Waals surface area contributed by atoms with Crippen LogP contribution < -0.4 is 0 Å². The second kappa shape index (κ2) is 21.7. The zero-order chi connectivity index (χ0) is 32.1. The Kier molecular flexibility index (Phi) is 21.2. The van der Waals surface area contributed by atoms with Crippen LogP contribution in [0.5, 0.6) is 0 Å². The fourth-order valence-electron chi connectivity index (χ4n) is 4.13. The number of carbonyl (C=O) groups excluding carboxylic acids is 1. The molecule has 0 saturated heterocycles. The summed E-state index contributed by atoms with van der Waals surface area (Å²) in [6.45, 7) is 0. The van der Waals surface area contributed by atoms with Crippen molar-refractivity contribution in [3.8, 4) is 0 Å². The van der Waals surface area contributed by atoms with Gasteiger partial charge in [0.05, 0.1) is 0 Å². The quantitative estimate of drug-likeness (QED) is 0.0453. The number of hydrogen-bond acceptors (Lipinski definition) is 5. The summed E-state index contributed by atoms with van der Waals surface area (Å²) < 4.78 is 118. The first kappa shape index (κ1) is 41.0. The molecule has 42 heavy (non-hydrogen) atoms. The molecule has 0 bridgehead atoms. The maximum atomic E-state index is 12.8. The van der Waals surface area contributed by atoms with Gasteiger partial charge in [0.1, 0.15) is 0 Å². The van der Waals surface area contributed by atoms with E-state index in [0.29, 0.717) is 6.42 Å². The molecular formula is C27H43F9O4S2. The molecule has 0 rings (SSSR count). The number of halogens is 9. The van der Waals surface area contributed by atoms with Crippen LogP contribution in [-0.4, -0.2) is 57.8 Å². The molecule has 0 aliphatic carbocycles. The fourth-order valence-corrected chi connectivity index (χ4v) is 6.36. The summed E-state index contributed by atoms with van der Waals surface area (Å²) >= 11 is 3.81.